The van der Waals surface area contributed by atoms with Crippen LogP contribution >= 0.6 is 0 Å². The number of piperazine rings is 1. The smallest absolute Gasteiger partial charge is 0.225 e. The van der Waals surface area contributed by atoms with Gasteiger partial charge >= 0.3 is 0 Å². The highest BCUT2D eigenvalue weighted by molar-refractivity contribution is 5.61. The monoisotopic (exact) mass is 397 g/mol. The zero-order chi connectivity index (χ0) is 20.6. The van der Waals surface area contributed by atoms with Crippen molar-refractivity contribution in [2.75, 3.05) is 37.7 Å². The van der Waals surface area contributed by atoms with Crippen molar-refractivity contribution in [3.8, 4) is 0 Å². The van der Waals surface area contributed by atoms with Crippen LogP contribution < -0.4 is 10.4 Å². The number of hydrogen-bond acceptors (Lipinski definition) is 7. The summed E-state index contributed by atoms with van der Waals surface area (Å²) >= 11 is 0. The molecule has 3 N–H and O–H groups in total. The van der Waals surface area contributed by atoms with Gasteiger partial charge in [0.15, 0.2) is 0 Å². The summed E-state index contributed by atoms with van der Waals surface area (Å²) in [5.41, 5.74) is 6.39. The molecular formula is C21H24FN5O2. The number of aliphatic hydroxyl groups excluding tert-OH is 1. The number of rotatable bonds is 7. The predicted octanol–water partition coefficient (Wildman–Crippen LogP) is 1.92. The van der Waals surface area contributed by atoms with Crippen LogP contribution in [0.1, 0.15) is 11.1 Å². The SMILES string of the molecule is C=C=C(NO)c1cnc(N2CCN([C@@H](/C=C/c3ccc(F)cc3)CO)CC2)nc1. The Kier molecular flexibility index (Phi) is 7.10. The average molecular weight is 397 g/mol. The molecule has 8 heteroatoms. The molecule has 1 fully saturated rings. The minimum absolute atomic E-state index is 0.00766. The Hall–Kier alpha value is -3.03. The molecule has 1 saturated heterocycles. The number of halogens is 1. The van der Waals surface area contributed by atoms with E-state index in [-0.39, 0.29) is 18.5 Å². The molecule has 0 spiro atoms. The average Bonchev–Trinajstić information content (AvgIpc) is 2.77. The van der Waals surface area contributed by atoms with Gasteiger partial charge in [-0.05, 0) is 17.7 Å². The summed E-state index contributed by atoms with van der Waals surface area (Å²) in [5, 5.41) is 18.8. The molecule has 0 radical (unpaired) electrons. The molecular weight excluding hydrogens is 373 g/mol. The van der Waals surface area contributed by atoms with Crippen LogP contribution in [0.15, 0.2) is 55.0 Å². The van der Waals surface area contributed by atoms with E-state index in [1.54, 1.807) is 24.5 Å². The van der Waals surface area contributed by atoms with Crippen LogP contribution in [0.4, 0.5) is 10.3 Å². The van der Waals surface area contributed by atoms with E-state index >= 15 is 0 Å². The first-order valence-corrected chi connectivity index (χ1v) is 9.31. The first kappa shape index (κ1) is 20.7. The third kappa shape index (κ3) is 5.28. The Bertz CT molecular complexity index is 871. The number of aliphatic hydroxyl groups is 1. The molecule has 0 unspecified atom stereocenters. The Morgan fingerprint density at radius 3 is 2.41 bits per heavy atom. The first-order valence-electron chi connectivity index (χ1n) is 9.31. The number of hydrogen-bond donors (Lipinski definition) is 3. The van der Waals surface area contributed by atoms with E-state index in [1.807, 2.05) is 17.6 Å². The highest BCUT2D eigenvalue weighted by Crippen LogP contribution is 2.16. The fourth-order valence-electron chi connectivity index (χ4n) is 3.17. The fourth-order valence-corrected chi connectivity index (χ4v) is 3.17. The number of nitrogens with one attached hydrogen (secondary N) is 1. The number of aromatic nitrogens is 2. The highest BCUT2D eigenvalue weighted by atomic mass is 19.1. The van der Waals surface area contributed by atoms with Crippen molar-refractivity contribution in [2.45, 2.75) is 6.04 Å². The summed E-state index contributed by atoms with van der Waals surface area (Å²) in [5.74, 6) is 0.341. The van der Waals surface area contributed by atoms with E-state index in [0.29, 0.717) is 17.2 Å². The van der Waals surface area contributed by atoms with Crippen LogP contribution in [0, 0.1) is 5.82 Å². The third-order valence-corrected chi connectivity index (χ3v) is 4.85. The van der Waals surface area contributed by atoms with Crippen LogP contribution in [-0.4, -0.2) is 64.0 Å². The molecule has 7 nitrogen and oxygen atoms in total. The van der Waals surface area contributed by atoms with Crippen molar-refractivity contribution in [3.05, 3.63) is 72.0 Å². The molecule has 1 aromatic heterocycles. The Morgan fingerprint density at radius 2 is 1.86 bits per heavy atom. The summed E-state index contributed by atoms with van der Waals surface area (Å²) < 4.78 is 13.0. The lowest BCUT2D eigenvalue weighted by Gasteiger charge is -2.37. The molecule has 29 heavy (non-hydrogen) atoms. The fraction of sp³-hybridized carbons (Fsp3) is 0.286. The zero-order valence-corrected chi connectivity index (χ0v) is 16.0. The molecule has 0 saturated carbocycles. The van der Waals surface area contributed by atoms with E-state index in [2.05, 4.69) is 32.1 Å². The van der Waals surface area contributed by atoms with Gasteiger partial charge in [-0.2, -0.15) is 0 Å². The maximum atomic E-state index is 13.0. The van der Waals surface area contributed by atoms with Crippen LogP contribution in [0.5, 0.6) is 0 Å². The van der Waals surface area contributed by atoms with Crippen LogP contribution in [0.25, 0.3) is 11.8 Å². The highest BCUT2D eigenvalue weighted by Gasteiger charge is 2.23. The summed E-state index contributed by atoms with van der Waals surface area (Å²) in [7, 11) is 0. The standard InChI is InChI=1S/C21H24FN5O2/c1-2-20(25-29)17-13-23-21(24-14-17)27-11-9-26(10-12-27)19(15-28)8-5-16-3-6-18(22)7-4-16/h3-8,13-14,19,25,28-29H,1,9-12,15H2/b8-5+/t19-/m0/s1. The van der Waals surface area contributed by atoms with E-state index in [1.165, 1.54) is 12.1 Å². The predicted molar refractivity (Wildman–Crippen MR) is 110 cm³/mol. The lowest BCUT2D eigenvalue weighted by Crippen LogP contribution is -2.51. The molecule has 1 atom stereocenters. The van der Waals surface area contributed by atoms with E-state index < -0.39 is 0 Å². The van der Waals surface area contributed by atoms with Gasteiger partial charge in [0.1, 0.15) is 11.5 Å². The summed E-state index contributed by atoms with van der Waals surface area (Å²) in [6.07, 6.45) is 7.05. The molecule has 2 aromatic rings. The van der Waals surface area contributed by atoms with Crippen molar-refractivity contribution in [3.63, 3.8) is 0 Å². The van der Waals surface area contributed by atoms with Gasteiger partial charge < -0.3 is 10.0 Å². The van der Waals surface area contributed by atoms with Crippen molar-refractivity contribution in [2.24, 2.45) is 0 Å². The van der Waals surface area contributed by atoms with E-state index in [4.69, 9.17) is 5.21 Å². The molecule has 1 aliphatic heterocycles. The summed E-state index contributed by atoms with van der Waals surface area (Å²) in [6, 6.07) is 6.14. The molecule has 0 aliphatic carbocycles. The Morgan fingerprint density at radius 1 is 1.21 bits per heavy atom. The number of benzene rings is 1. The van der Waals surface area contributed by atoms with Gasteiger partial charge in [-0.3, -0.25) is 15.6 Å². The third-order valence-electron chi connectivity index (χ3n) is 4.85. The quantitative estimate of drug-likeness (QED) is 0.486. The molecule has 1 aromatic carbocycles. The van der Waals surface area contributed by atoms with Gasteiger partial charge in [-0.1, -0.05) is 30.9 Å². The number of hydroxylamine groups is 1. The van der Waals surface area contributed by atoms with Gasteiger partial charge in [0.2, 0.25) is 5.95 Å². The molecule has 0 bridgehead atoms. The van der Waals surface area contributed by atoms with Gasteiger partial charge in [0, 0.05) is 44.1 Å². The Balaban J connectivity index is 1.58. The number of nitrogens with zero attached hydrogens (tertiary/aromatic N) is 4. The summed E-state index contributed by atoms with van der Waals surface area (Å²) in [6.45, 7) is 6.45. The minimum atomic E-state index is -0.267. The lowest BCUT2D eigenvalue weighted by molar-refractivity contribution is 0.145. The second-order valence-corrected chi connectivity index (χ2v) is 6.62. The van der Waals surface area contributed by atoms with Crippen LogP contribution in [0.3, 0.4) is 0 Å². The van der Waals surface area contributed by atoms with Crippen molar-refractivity contribution in [1.29, 1.82) is 0 Å². The van der Waals surface area contributed by atoms with Crippen molar-refractivity contribution < 1.29 is 14.7 Å². The molecule has 0 amide bonds. The van der Waals surface area contributed by atoms with Crippen LogP contribution in [0.2, 0.25) is 0 Å². The zero-order valence-electron chi connectivity index (χ0n) is 16.0. The second-order valence-electron chi connectivity index (χ2n) is 6.62. The summed E-state index contributed by atoms with van der Waals surface area (Å²) in [4.78, 5) is 13.0. The maximum Gasteiger partial charge on any atom is 0.225 e. The first-order chi connectivity index (χ1) is 14.1. The maximum absolute atomic E-state index is 13.0. The van der Waals surface area contributed by atoms with Gasteiger partial charge in [-0.25, -0.2) is 14.4 Å². The molecule has 2 heterocycles. The number of anilines is 1. The Labute approximate surface area is 169 Å². The van der Waals surface area contributed by atoms with Gasteiger partial charge in [0.05, 0.1) is 12.6 Å². The normalized spacial score (nSPS) is 15.9. The molecule has 3 rings (SSSR count). The molecule has 152 valence electrons. The molecule has 1 aliphatic rings. The minimum Gasteiger partial charge on any atom is -0.394 e. The van der Waals surface area contributed by atoms with E-state index in [0.717, 1.165) is 31.7 Å². The van der Waals surface area contributed by atoms with Gasteiger partial charge in [-0.15, -0.1) is 5.73 Å². The second kappa shape index (κ2) is 9.95. The largest absolute Gasteiger partial charge is 0.394 e. The topological polar surface area (TPSA) is 84.8 Å². The van der Waals surface area contributed by atoms with Gasteiger partial charge in [0.25, 0.3) is 0 Å². The van der Waals surface area contributed by atoms with Crippen molar-refractivity contribution in [1.82, 2.24) is 20.3 Å². The lowest BCUT2D eigenvalue weighted by atomic mass is 10.1. The van der Waals surface area contributed by atoms with Crippen molar-refractivity contribution >= 4 is 17.7 Å². The van der Waals surface area contributed by atoms with E-state index in [9.17, 15) is 9.50 Å². The van der Waals surface area contributed by atoms with Crippen LogP contribution in [-0.2, 0) is 0 Å².